The van der Waals surface area contributed by atoms with Gasteiger partial charge >= 0.3 is 0 Å². The molecule has 4 heteroatoms. The van der Waals surface area contributed by atoms with Crippen molar-refractivity contribution in [2.45, 2.75) is 84.2 Å². The molecule has 2 aromatic heterocycles. The molecular formula is C20H30N4. The Kier molecular flexibility index (Phi) is 4.01. The molecule has 1 fully saturated rings. The van der Waals surface area contributed by atoms with Crippen LogP contribution in [-0.4, -0.2) is 19.6 Å². The first-order chi connectivity index (χ1) is 11.6. The Morgan fingerprint density at radius 3 is 2.33 bits per heavy atom. The second-order valence-electron chi connectivity index (χ2n) is 8.25. The van der Waals surface area contributed by atoms with E-state index in [1.54, 1.807) is 5.56 Å². The van der Waals surface area contributed by atoms with Crippen LogP contribution in [0.4, 0.5) is 0 Å². The molecule has 0 amide bonds. The topological polar surface area (TPSA) is 35.6 Å². The molecule has 3 aliphatic carbocycles. The van der Waals surface area contributed by atoms with Crippen LogP contribution in [0.5, 0.6) is 0 Å². The fourth-order valence-electron chi connectivity index (χ4n) is 4.43. The molecule has 4 nitrogen and oxygen atoms in total. The number of fused-ring (bicyclic) bond motifs is 4. The second kappa shape index (κ2) is 6.05. The molecule has 3 aliphatic rings. The van der Waals surface area contributed by atoms with Crippen LogP contribution in [0.1, 0.15) is 87.5 Å². The summed E-state index contributed by atoms with van der Waals surface area (Å²) in [6, 6.07) is 1.05. The third-order valence-electron chi connectivity index (χ3n) is 5.78. The zero-order chi connectivity index (χ0) is 16.8. The highest BCUT2D eigenvalue weighted by molar-refractivity contribution is 5.36. The molecule has 0 N–H and O–H groups in total. The van der Waals surface area contributed by atoms with Crippen LogP contribution in [0.3, 0.4) is 0 Å². The minimum atomic E-state index is 0.520. The van der Waals surface area contributed by atoms with Gasteiger partial charge in [-0.1, -0.05) is 0 Å². The molecular weight excluding hydrogens is 296 g/mol. The van der Waals surface area contributed by atoms with Gasteiger partial charge in [0.25, 0.3) is 0 Å². The van der Waals surface area contributed by atoms with Gasteiger partial charge in [-0.3, -0.25) is 9.36 Å². The number of nitrogens with zero attached hydrogens (tertiary/aromatic N) is 4. The van der Waals surface area contributed by atoms with Crippen molar-refractivity contribution in [1.29, 1.82) is 0 Å². The minimum absolute atomic E-state index is 0.520. The van der Waals surface area contributed by atoms with E-state index in [9.17, 15) is 0 Å². The van der Waals surface area contributed by atoms with Gasteiger partial charge in [0.05, 0.1) is 12.4 Å². The molecule has 0 aliphatic heterocycles. The zero-order valence-electron chi connectivity index (χ0n) is 15.5. The number of aromatic nitrogens is 4. The summed E-state index contributed by atoms with van der Waals surface area (Å²) in [5, 5.41) is 8.85. The molecule has 2 atom stereocenters. The highest BCUT2D eigenvalue weighted by atomic mass is 15.3. The van der Waals surface area contributed by atoms with E-state index in [-0.39, 0.29) is 0 Å². The summed E-state index contributed by atoms with van der Waals surface area (Å²) in [4.78, 5) is 0. The van der Waals surface area contributed by atoms with E-state index >= 15 is 0 Å². The predicted molar refractivity (Wildman–Crippen MR) is 96.4 cm³/mol. The van der Waals surface area contributed by atoms with E-state index in [0.717, 1.165) is 11.8 Å². The standard InChI is InChI=1S/C10H14N2.C10H16N2/c1-6(2)12-10-4-7-3-8(7)9(10)5-11-12;1-8(2)12-10-6-4-3-5-9(10)7-11-12/h5-8H,3-4H2,1-2H3;7-8H,3-6H2,1-2H3. The highest BCUT2D eigenvalue weighted by Gasteiger charge is 2.47. The van der Waals surface area contributed by atoms with Gasteiger partial charge in [-0.25, -0.2) is 0 Å². The third kappa shape index (κ3) is 2.70. The molecule has 24 heavy (non-hydrogen) atoms. The van der Waals surface area contributed by atoms with Crippen LogP contribution in [0.2, 0.25) is 0 Å². The van der Waals surface area contributed by atoms with Gasteiger partial charge in [0.15, 0.2) is 0 Å². The molecule has 5 rings (SSSR count). The molecule has 2 heterocycles. The third-order valence-corrected chi connectivity index (χ3v) is 5.78. The Morgan fingerprint density at radius 2 is 1.58 bits per heavy atom. The van der Waals surface area contributed by atoms with Gasteiger partial charge < -0.3 is 0 Å². The van der Waals surface area contributed by atoms with E-state index < -0.39 is 0 Å². The fraction of sp³-hybridized carbons (Fsp3) is 0.700. The number of aryl methyl sites for hydroxylation is 1. The molecule has 0 bridgehead atoms. The summed E-state index contributed by atoms with van der Waals surface area (Å²) >= 11 is 0. The maximum Gasteiger partial charge on any atom is 0.0527 e. The summed E-state index contributed by atoms with van der Waals surface area (Å²) in [7, 11) is 0. The highest BCUT2D eigenvalue weighted by Crippen LogP contribution is 2.56. The van der Waals surface area contributed by atoms with E-state index in [4.69, 9.17) is 0 Å². The first kappa shape index (κ1) is 15.9. The number of hydrogen-bond acceptors (Lipinski definition) is 2. The molecule has 0 radical (unpaired) electrons. The summed E-state index contributed by atoms with van der Waals surface area (Å²) in [6.07, 6.45) is 12.0. The maximum absolute atomic E-state index is 4.43. The smallest absolute Gasteiger partial charge is 0.0527 e. The van der Waals surface area contributed by atoms with Crippen molar-refractivity contribution in [2.24, 2.45) is 5.92 Å². The first-order valence-corrected chi connectivity index (χ1v) is 9.67. The van der Waals surface area contributed by atoms with Gasteiger partial charge in [0.1, 0.15) is 0 Å². The lowest BCUT2D eigenvalue weighted by Gasteiger charge is -2.15. The molecule has 0 spiro atoms. The number of rotatable bonds is 2. The van der Waals surface area contributed by atoms with Crippen LogP contribution >= 0.6 is 0 Å². The Hall–Kier alpha value is -1.58. The summed E-state index contributed by atoms with van der Waals surface area (Å²) < 4.78 is 4.37. The lowest BCUT2D eigenvalue weighted by atomic mass is 9.98. The normalized spacial score (nSPS) is 23.6. The molecule has 0 saturated heterocycles. The van der Waals surface area contributed by atoms with Crippen molar-refractivity contribution in [2.75, 3.05) is 0 Å². The molecule has 2 aromatic rings. The van der Waals surface area contributed by atoms with Crippen LogP contribution < -0.4 is 0 Å². The van der Waals surface area contributed by atoms with Crippen molar-refractivity contribution in [3.63, 3.8) is 0 Å². The van der Waals surface area contributed by atoms with Crippen LogP contribution in [0, 0.1) is 5.92 Å². The van der Waals surface area contributed by atoms with E-state index in [2.05, 4.69) is 59.6 Å². The average Bonchev–Trinajstić information content (AvgIpc) is 2.92. The average molecular weight is 326 g/mol. The summed E-state index contributed by atoms with van der Waals surface area (Å²) in [6.45, 7) is 8.80. The Labute approximate surface area is 145 Å². The Balaban J connectivity index is 0.000000121. The summed E-state index contributed by atoms with van der Waals surface area (Å²) in [5.41, 5.74) is 6.03. The van der Waals surface area contributed by atoms with Gasteiger partial charge in [-0.2, -0.15) is 10.2 Å². The van der Waals surface area contributed by atoms with Crippen molar-refractivity contribution < 1.29 is 0 Å². The maximum atomic E-state index is 4.43. The van der Waals surface area contributed by atoms with Gasteiger partial charge in [0.2, 0.25) is 0 Å². The van der Waals surface area contributed by atoms with Gasteiger partial charge in [-0.05, 0) is 89.2 Å². The molecule has 130 valence electrons. The van der Waals surface area contributed by atoms with Crippen LogP contribution in [-0.2, 0) is 19.3 Å². The first-order valence-electron chi connectivity index (χ1n) is 9.67. The van der Waals surface area contributed by atoms with Crippen molar-refractivity contribution in [3.8, 4) is 0 Å². The second-order valence-corrected chi connectivity index (χ2v) is 8.25. The SMILES string of the molecule is CC(C)n1ncc2c1CC1CC21.CC(C)n1ncc2c1CCCC2. The van der Waals surface area contributed by atoms with Crippen molar-refractivity contribution in [3.05, 3.63) is 34.9 Å². The van der Waals surface area contributed by atoms with E-state index in [1.807, 2.05) is 0 Å². The zero-order valence-corrected chi connectivity index (χ0v) is 15.5. The van der Waals surface area contributed by atoms with Gasteiger partial charge in [0, 0.05) is 23.5 Å². The fourth-order valence-corrected chi connectivity index (χ4v) is 4.43. The van der Waals surface area contributed by atoms with Crippen molar-refractivity contribution in [1.82, 2.24) is 19.6 Å². The lowest BCUT2D eigenvalue weighted by molar-refractivity contribution is 0.495. The quantitative estimate of drug-likeness (QED) is 0.816. The van der Waals surface area contributed by atoms with E-state index in [1.165, 1.54) is 55.5 Å². The van der Waals surface area contributed by atoms with Crippen LogP contribution in [0.15, 0.2) is 12.4 Å². The monoisotopic (exact) mass is 326 g/mol. The molecule has 2 unspecified atom stereocenters. The van der Waals surface area contributed by atoms with E-state index in [0.29, 0.717) is 12.1 Å². The predicted octanol–water partition coefficient (Wildman–Crippen LogP) is 4.47. The Bertz CT molecular complexity index is 704. The number of hydrogen-bond donors (Lipinski definition) is 0. The minimum Gasteiger partial charge on any atom is -0.267 e. The largest absolute Gasteiger partial charge is 0.267 e. The lowest BCUT2D eigenvalue weighted by Crippen LogP contribution is -2.11. The Morgan fingerprint density at radius 1 is 0.917 bits per heavy atom. The molecule has 0 aromatic carbocycles. The summed E-state index contributed by atoms with van der Waals surface area (Å²) in [5.74, 6) is 1.88. The van der Waals surface area contributed by atoms with Crippen molar-refractivity contribution >= 4 is 0 Å². The van der Waals surface area contributed by atoms with Crippen LogP contribution in [0.25, 0.3) is 0 Å². The molecule has 1 saturated carbocycles. The van der Waals surface area contributed by atoms with Gasteiger partial charge in [-0.15, -0.1) is 0 Å².